The predicted molar refractivity (Wildman–Crippen MR) is 89.5 cm³/mol. The summed E-state index contributed by atoms with van der Waals surface area (Å²) in [5.41, 5.74) is 0.785. The smallest absolute Gasteiger partial charge is 0.250 e. The van der Waals surface area contributed by atoms with Gasteiger partial charge in [-0.05, 0) is 46.6 Å². The summed E-state index contributed by atoms with van der Waals surface area (Å²) in [6.45, 7) is 0.504. The average Bonchev–Trinajstić information content (AvgIpc) is 3.08. The number of sulfonamides is 1. The van der Waals surface area contributed by atoms with E-state index in [0.717, 1.165) is 20.8 Å². The third-order valence-electron chi connectivity index (χ3n) is 3.38. The van der Waals surface area contributed by atoms with Crippen molar-refractivity contribution < 1.29 is 13.2 Å². The van der Waals surface area contributed by atoms with Gasteiger partial charge >= 0.3 is 0 Å². The van der Waals surface area contributed by atoms with E-state index in [9.17, 15) is 13.2 Å². The zero-order chi connectivity index (χ0) is 15.7. The molecule has 8 heteroatoms. The maximum absolute atomic E-state index is 12.4. The maximum atomic E-state index is 12.4. The fraction of sp³-hybridized carbons (Fsp3) is 0.214. The zero-order valence-corrected chi connectivity index (χ0v) is 14.6. The quantitative estimate of drug-likeness (QED) is 0.857. The summed E-state index contributed by atoms with van der Waals surface area (Å²) in [6.07, 6.45) is 0.458. The summed E-state index contributed by atoms with van der Waals surface area (Å²) in [5, 5.41) is 0. The Hall–Kier alpha value is -1.22. The topological polar surface area (TPSA) is 66.5 Å². The average molecular weight is 401 g/mol. The first-order valence-corrected chi connectivity index (χ1v) is 9.71. The minimum absolute atomic E-state index is 0.199. The Bertz CT molecular complexity index is 789. The Balaban J connectivity index is 1.76. The van der Waals surface area contributed by atoms with E-state index >= 15 is 0 Å². The van der Waals surface area contributed by atoms with Gasteiger partial charge in [0.2, 0.25) is 5.91 Å². The van der Waals surface area contributed by atoms with Gasteiger partial charge in [0.1, 0.15) is 10.3 Å². The molecule has 0 spiro atoms. The van der Waals surface area contributed by atoms with Gasteiger partial charge in [0.15, 0.2) is 0 Å². The lowest BCUT2D eigenvalue weighted by atomic mass is 10.3. The van der Waals surface area contributed by atoms with Crippen molar-refractivity contribution in [2.75, 3.05) is 11.4 Å². The van der Waals surface area contributed by atoms with E-state index in [1.54, 1.807) is 11.0 Å². The van der Waals surface area contributed by atoms with Crippen LogP contribution in [0, 0.1) is 0 Å². The van der Waals surface area contributed by atoms with E-state index in [1.165, 1.54) is 6.07 Å². The number of rotatable bonds is 4. The normalized spacial score (nSPS) is 18.9. The molecule has 22 heavy (non-hydrogen) atoms. The van der Waals surface area contributed by atoms with Crippen molar-refractivity contribution in [2.24, 2.45) is 0 Å². The molecule has 1 N–H and O–H groups in total. The van der Waals surface area contributed by atoms with Crippen LogP contribution in [0.1, 0.15) is 6.42 Å². The van der Waals surface area contributed by atoms with Crippen LogP contribution in [-0.2, 0) is 14.8 Å². The molecule has 1 aliphatic rings. The number of thiophene rings is 1. The SMILES string of the molecule is O=C1[C@H](NS(=O)(=O)c2ccc(Br)s2)CCN1c1ccccc1. The molecule has 1 atom stereocenters. The molecule has 1 aromatic heterocycles. The standard InChI is InChI=1S/C14H13BrN2O3S2/c15-12-6-7-13(21-12)22(19,20)16-11-8-9-17(14(11)18)10-4-2-1-3-5-10/h1-7,11,16H,8-9H2/t11-/m1/s1. The molecule has 1 aliphatic heterocycles. The lowest BCUT2D eigenvalue weighted by Crippen LogP contribution is -2.41. The predicted octanol–water partition coefficient (Wildman–Crippen LogP) is 2.59. The Morgan fingerprint density at radius 3 is 2.55 bits per heavy atom. The van der Waals surface area contributed by atoms with Gasteiger partial charge in [-0.15, -0.1) is 11.3 Å². The molecule has 1 saturated heterocycles. The number of amides is 1. The molecular formula is C14H13BrN2O3S2. The van der Waals surface area contributed by atoms with Gasteiger partial charge < -0.3 is 4.90 Å². The summed E-state index contributed by atoms with van der Waals surface area (Å²) in [6, 6.07) is 11.7. The summed E-state index contributed by atoms with van der Waals surface area (Å²) < 4.78 is 28.0. The summed E-state index contributed by atoms with van der Waals surface area (Å²) in [4.78, 5) is 14.0. The van der Waals surface area contributed by atoms with Gasteiger partial charge in [0.25, 0.3) is 10.0 Å². The van der Waals surface area contributed by atoms with Gasteiger partial charge in [0.05, 0.1) is 3.79 Å². The summed E-state index contributed by atoms with van der Waals surface area (Å²) in [7, 11) is -3.67. The Kier molecular flexibility index (Phi) is 4.35. The number of nitrogens with one attached hydrogen (secondary N) is 1. The molecule has 1 fully saturated rings. The van der Waals surface area contributed by atoms with Crippen LogP contribution in [0.3, 0.4) is 0 Å². The second-order valence-corrected chi connectivity index (χ2v) is 9.25. The Morgan fingerprint density at radius 2 is 1.91 bits per heavy atom. The maximum Gasteiger partial charge on any atom is 0.250 e. The largest absolute Gasteiger partial charge is 0.311 e. The molecule has 0 aliphatic carbocycles. The van der Waals surface area contributed by atoms with Crippen molar-refractivity contribution >= 4 is 48.9 Å². The minimum Gasteiger partial charge on any atom is -0.311 e. The molecule has 116 valence electrons. The Morgan fingerprint density at radius 1 is 1.18 bits per heavy atom. The van der Waals surface area contributed by atoms with E-state index in [1.807, 2.05) is 30.3 Å². The highest BCUT2D eigenvalue weighted by Gasteiger charge is 2.35. The number of hydrogen-bond acceptors (Lipinski definition) is 4. The molecule has 5 nitrogen and oxygen atoms in total. The molecular weight excluding hydrogens is 388 g/mol. The number of halogens is 1. The van der Waals surface area contributed by atoms with Crippen LogP contribution < -0.4 is 9.62 Å². The molecule has 2 heterocycles. The van der Waals surface area contributed by atoms with Gasteiger partial charge in [-0.2, -0.15) is 4.72 Å². The second kappa shape index (κ2) is 6.11. The van der Waals surface area contributed by atoms with E-state index in [0.29, 0.717) is 13.0 Å². The molecule has 2 aromatic rings. The number of carbonyl (C=O) groups is 1. The van der Waals surface area contributed by atoms with Crippen molar-refractivity contribution in [2.45, 2.75) is 16.7 Å². The van der Waals surface area contributed by atoms with Crippen LogP contribution in [0.4, 0.5) is 5.69 Å². The van der Waals surface area contributed by atoms with Gasteiger partial charge in [-0.3, -0.25) is 4.79 Å². The number of carbonyl (C=O) groups excluding carboxylic acids is 1. The van der Waals surface area contributed by atoms with E-state index in [-0.39, 0.29) is 10.1 Å². The van der Waals surface area contributed by atoms with Crippen LogP contribution >= 0.6 is 27.3 Å². The number of anilines is 1. The second-order valence-electron chi connectivity index (χ2n) is 4.85. The third-order valence-corrected chi connectivity index (χ3v) is 6.97. The zero-order valence-electron chi connectivity index (χ0n) is 11.4. The number of hydrogen-bond donors (Lipinski definition) is 1. The first kappa shape index (κ1) is 15.7. The van der Waals surface area contributed by atoms with Crippen LogP contribution in [0.15, 0.2) is 50.5 Å². The van der Waals surface area contributed by atoms with E-state index in [2.05, 4.69) is 20.7 Å². The highest BCUT2D eigenvalue weighted by Crippen LogP contribution is 2.27. The van der Waals surface area contributed by atoms with Crippen molar-refractivity contribution in [1.82, 2.24) is 4.72 Å². The van der Waals surface area contributed by atoms with Crippen LogP contribution in [0.2, 0.25) is 0 Å². The summed E-state index contributed by atoms with van der Waals surface area (Å²) in [5.74, 6) is -0.217. The van der Waals surface area contributed by atoms with E-state index in [4.69, 9.17) is 0 Å². The van der Waals surface area contributed by atoms with Crippen molar-refractivity contribution in [3.63, 3.8) is 0 Å². The molecule has 0 bridgehead atoms. The molecule has 1 aromatic carbocycles. The third kappa shape index (κ3) is 3.10. The Labute approximate surface area is 141 Å². The van der Waals surface area contributed by atoms with Crippen molar-refractivity contribution in [3.05, 3.63) is 46.3 Å². The molecule has 0 saturated carbocycles. The highest BCUT2D eigenvalue weighted by atomic mass is 79.9. The monoisotopic (exact) mass is 400 g/mol. The first-order chi connectivity index (χ1) is 10.5. The lowest BCUT2D eigenvalue weighted by Gasteiger charge is -2.17. The molecule has 3 rings (SSSR count). The van der Waals surface area contributed by atoms with Crippen LogP contribution in [0.25, 0.3) is 0 Å². The number of nitrogens with zero attached hydrogens (tertiary/aromatic N) is 1. The van der Waals surface area contributed by atoms with Crippen molar-refractivity contribution in [3.8, 4) is 0 Å². The van der Waals surface area contributed by atoms with Gasteiger partial charge in [-0.1, -0.05) is 18.2 Å². The van der Waals surface area contributed by atoms with Crippen LogP contribution in [-0.4, -0.2) is 26.9 Å². The van der Waals surface area contributed by atoms with Gasteiger partial charge in [-0.25, -0.2) is 8.42 Å². The fourth-order valence-corrected chi connectivity index (χ4v) is 5.59. The number of para-hydroxylation sites is 1. The minimum atomic E-state index is -3.67. The molecule has 0 radical (unpaired) electrons. The highest BCUT2D eigenvalue weighted by molar-refractivity contribution is 9.11. The van der Waals surface area contributed by atoms with E-state index < -0.39 is 16.1 Å². The number of benzene rings is 1. The first-order valence-electron chi connectivity index (χ1n) is 6.61. The lowest BCUT2D eigenvalue weighted by molar-refractivity contribution is -0.118. The van der Waals surface area contributed by atoms with Crippen molar-refractivity contribution in [1.29, 1.82) is 0 Å². The fourth-order valence-electron chi connectivity index (χ4n) is 2.34. The van der Waals surface area contributed by atoms with Gasteiger partial charge in [0, 0.05) is 12.2 Å². The molecule has 0 unspecified atom stereocenters. The summed E-state index contributed by atoms with van der Waals surface area (Å²) >= 11 is 4.36. The molecule has 1 amide bonds. The van der Waals surface area contributed by atoms with Crippen LogP contribution in [0.5, 0.6) is 0 Å².